The van der Waals surface area contributed by atoms with E-state index in [1.807, 2.05) is 0 Å². The number of ketones is 1. The molecule has 11 heteroatoms. The largest absolute Gasteiger partial charge is 0.392 e. The molecule has 19 unspecified atom stereocenters. The van der Waals surface area contributed by atoms with E-state index in [0.29, 0.717) is 44.4 Å². The minimum atomic E-state index is -0.765. The van der Waals surface area contributed by atoms with Crippen LogP contribution in [0.15, 0.2) is 24.3 Å². The van der Waals surface area contributed by atoms with Gasteiger partial charge in [0.25, 0.3) is 0 Å². The molecular weight excluding hydrogens is 654 g/mol. The Balaban J connectivity index is 0.986. The molecule has 0 aromatic carbocycles. The average molecular weight is 714 g/mol. The van der Waals surface area contributed by atoms with E-state index in [4.69, 9.17) is 43.6 Å². The van der Waals surface area contributed by atoms with Gasteiger partial charge in [-0.2, -0.15) is 0 Å². The molecule has 10 saturated heterocycles. The predicted octanol–water partition coefficient (Wildman–Crippen LogP) is 4.06. The van der Waals surface area contributed by atoms with Crippen molar-refractivity contribution in [3.63, 3.8) is 0 Å². The van der Waals surface area contributed by atoms with Crippen LogP contribution >= 0.6 is 0 Å². The van der Waals surface area contributed by atoms with Crippen molar-refractivity contribution in [1.82, 2.24) is 0 Å². The van der Waals surface area contributed by atoms with Gasteiger partial charge in [0, 0.05) is 45.1 Å². The van der Waals surface area contributed by atoms with Gasteiger partial charge in [0.2, 0.25) is 0 Å². The summed E-state index contributed by atoms with van der Waals surface area (Å²) in [6, 6.07) is 0. The summed E-state index contributed by atoms with van der Waals surface area (Å²) < 4.78 is 54.0. The van der Waals surface area contributed by atoms with Crippen LogP contribution in [0.3, 0.4) is 0 Å². The lowest BCUT2D eigenvalue weighted by molar-refractivity contribution is -0.292. The zero-order chi connectivity index (χ0) is 35.2. The number of nitrogens with two attached hydrogens (primary N) is 1. The molecule has 51 heavy (non-hydrogen) atoms. The third-order valence-electron chi connectivity index (χ3n) is 14.2. The highest BCUT2D eigenvalue weighted by molar-refractivity contribution is 5.79. The maximum absolute atomic E-state index is 14.0. The molecule has 12 bridgehead atoms. The van der Waals surface area contributed by atoms with Crippen LogP contribution in [0.5, 0.6) is 0 Å². The van der Waals surface area contributed by atoms with Gasteiger partial charge in [-0.15, -0.1) is 0 Å². The quantitative estimate of drug-likeness (QED) is 0.410. The Bertz CT molecular complexity index is 1360. The summed E-state index contributed by atoms with van der Waals surface area (Å²) in [5, 5.41) is 10.5. The van der Waals surface area contributed by atoms with Gasteiger partial charge in [-0.25, -0.2) is 0 Å². The number of ether oxygens (including phenoxy) is 8. The summed E-state index contributed by atoms with van der Waals surface area (Å²) >= 11 is 0. The highest BCUT2D eigenvalue weighted by Gasteiger charge is 2.68. The molecule has 0 amide bonds. The molecule has 284 valence electrons. The van der Waals surface area contributed by atoms with Crippen molar-refractivity contribution in [1.29, 1.82) is 0 Å². The second kappa shape index (κ2) is 13.8. The first-order chi connectivity index (χ1) is 24.6. The molecule has 0 radical (unpaired) electrons. The number of hydrogen-bond acceptors (Lipinski definition) is 11. The summed E-state index contributed by atoms with van der Waals surface area (Å²) in [5.74, 6) is -0.222. The maximum Gasteiger partial charge on any atom is 0.172 e. The smallest absolute Gasteiger partial charge is 0.172 e. The van der Waals surface area contributed by atoms with E-state index in [1.165, 1.54) is 0 Å². The summed E-state index contributed by atoms with van der Waals surface area (Å²) in [7, 11) is 0. The van der Waals surface area contributed by atoms with E-state index < -0.39 is 11.9 Å². The lowest BCUT2D eigenvalue weighted by Crippen LogP contribution is -2.61. The van der Waals surface area contributed by atoms with Gasteiger partial charge in [0.05, 0.1) is 61.0 Å². The van der Waals surface area contributed by atoms with E-state index in [9.17, 15) is 9.90 Å². The Hall–Kier alpha value is -1.25. The Kier molecular flexibility index (Phi) is 9.59. The molecule has 1 spiro atoms. The monoisotopic (exact) mass is 713 g/mol. The van der Waals surface area contributed by atoms with E-state index in [2.05, 4.69) is 27.0 Å². The first-order valence-electron chi connectivity index (χ1n) is 20.1. The normalized spacial score (nSPS) is 53.2. The zero-order valence-electron chi connectivity index (χ0n) is 30.4. The van der Waals surface area contributed by atoms with E-state index in [0.717, 1.165) is 56.1 Å². The topological polar surface area (TPSA) is 137 Å². The Labute approximate surface area is 302 Å². The standard InChI is InChI=1S/C40H59NO10/c1-19-11-25-5-7-29-20(2)12-27(44-29)9-10-40-17-34-36(50-40)37-38(49-34)39(51-40)35-30(48-37)8-6-26(46-35)13-23(42)14-28-22(4)31(15-24(43)18-41)47-33(28)16-32(45-25)21(19)3/h19,22,24-39,43H,2-3,5-18,41H2,1,4H3. The minimum absolute atomic E-state index is 0.00127. The van der Waals surface area contributed by atoms with Crippen molar-refractivity contribution in [2.24, 2.45) is 23.5 Å². The number of aliphatic hydroxyl groups is 1. The van der Waals surface area contributed by atoms with Gasteiger partial charge in [-0.3, -0.25) is 4.79 Å². The van der Waals surface area contributed by atoms with Crippen LogP contribution in [0.1, 0.15) is 97.3 Å². The number of fused-ring (bicyclic) bond motifs is 6. The van der Waals surface area contributed by atoms with Crippen LogP contribution in [0.25, 0.3) is 0 Å². The van der Waals surface area contributed by atoms with Gasteiger partial charge >= 0.3 is 0 Å². The summed E-state index contributed by atoms with van der Waals surface area (Å²) in [4.78, 5) is 14.0. The molecule has 10 aliphatic rings. The predicted molar refractivity (Wildman–Crippen MR) is 185 cm³/mol. The van der Waals surface area contributed by atoms with Crippen molar-refractivity contribution >= 4 is 5.78 Å². The molecule has 19 atom stereocenters. The third-order valence-corrected chi connectivity index (χ3v) is 14.2. The van der Waals surface area contributed by atoms with Gasteiger partial charge in [-0.05, 0) is 73.8 Å². The molecule has 0 aliphatic carbocycles. The highest BCUT2D eigenvalue weighted by Crippen LogP contribution is 2.54. The number of rotatable bonds is 3. The second-order valence-corrected chi connectivity index (χ2v) is 17.6. The molecular formula is C40H59NO10. The summed E-state index contributed by atoms with van der Waals surface area (Å²) in [6.07, 6.45) is 6.43. The lowest BCUT2D eigenvalue weighted by Gasteiger charge is -2.47. The molecule has 0 aromatic heterocycles. The summed E-state index contributed by atoms with van der Waals surface area (Å²) in [6.45, 7) is 13.5. The van der Waals surface area contributed by atoms with Crippen molar-refractivity contribution in [2.75, 3.05) is 6.54 Å². The van der Waals surface area contributed by atoms with Gasteiger partial charge in [0.15, 0.2) is 5.79 Å². The fourth-order valence-corrected chi connectivity index (χ4v) is 11.3. The number of aliphatic hydroxyl groups excluding tert-OH is 1. The lowest BCUT2D eigenvalue weighted by atomic mass is 9.78. The van der Waals surface area contributed by atoms with Crippen molar-refractivity contribution in [2.45, 2.75) is 195 Å². The first kappa shape index (κ1) is 35.5. The van der Waals surface area contributed by atoms with E-state index in [-0.39, 0.29) is 110 Å². The van der Waals surface area contributed by atoms with Gasteiger partial charge in [0.1, 0.15) is 36.3 Å². The van der Waals surface area contributed by atoms with Crippen molar-refractivity contribution < 1.29 is 47.8 Å². The molecule has 0 saturated carbocycles. The fourth-order valence-electron chi connectivity index (χ4n) is 11.3. The van der Waals surface area contributed by atoms with Crippen LogP contribution in [0, 0.1) is 17.8 Å². The molecule has 10 rings (SSSR count). The minimum Gasteiger partial charge on any atom is -0.392 e. The Morgan fingerprint density at radius 3 is 2.35 bits per heavy atom. The molecule has 10 fully saturated rings. The Morgan fingerprint density at radius 2 is 1.51 bits per heavy atom. The number of hydrogen-bond donors (Lipinski definition) is 2. The number of carbonyl (C=O) groups is 1. The van der Waals surface area contributed by atoms with Crippen LogP contribution in [0.2, 0.25) is 0 Å². The fraction of sp³-hybridized carbons (Fsp3) is 0.875. The van der Waals surface area contributed by atoms with Crippen molar-refractivity contribution in [3.8, 4) is 0 Å². The molecule has 10 heterocycles. The molecule has 3 N–H and O–H groups in total. The van der Waals surface area contributed by atoms with Crippen molar-refractivity contribution in [3.05, 3.63) is 24.3 Å². The van der Waals surface area contributed by atoms with Gasteiger partial charge in [-0.1, -0.05) is 27.0 Å². The highest BCUT2D eigenvalue weighted by atomic mass is 16.8. The zero-order valence-corrected chi connectivity index (χ0v) is 30.4. The second-order valence-electron chi connectivity index (χ2n) is 17.6. The molecule has 0 aromatic rings. The van der Waals surface area contributed by atoms with Crippen LogP contribution in [0.4, 0.5) is 0 Å². The molecule has 11 nitrogen and oxygen atoms in total. The van der Waals surface area contributed by atoms with E-state index >= 15 is 0 Å². The number of carbonyl (C=O) groups excluding carboxylic acids is 1. The average Bonchev–Trinajstić information content (AvgIpc) is 3.77. The number of Topliss-reactive ketones (excluding diaryl/α,β-unsaturated/α-hetero) is 1. The van der Waals surface area contributed by atoms with Crippen LogP contribution in [-0.4, -0.2) is 115 Å². The SMILES string of the molecule is C=C1CC2CCC34CC5OC6C(OC7CCC(CC(=O)CC8C(CC9OC(CCC1O2)CC(C)C9=C)OC(CC(O)CN)C8C)OC7C6O3)C5O4. The van der Waals surface area contributed by atoms with Crippen LogP contribution in [-0.2, 0) is 42.7 Å². The maximum atomic E-state index is 14.0. The van der Waals surface area contributed by atoms with Gasteiger partial charge < -0.3 is 48.7 Å². The van der Waals surface area contributed by atoms with E-state index in [1.54, 1.807) is 0 Å². The summed E-state index contributed by atoms with van der Waals surface area (Å²) in [5.41, 5.74) is 8.06. The van der Waals surface area contributed by atoms with Crippen LogP contribution < -0.4 is 5.73 Å². The third kappa shape index (κ3) is 6.53. The Morgan fingerprint density at radius 1 is 0.765 bits per heavy atom. The first-order valence-corrected chi connectivity index (χ1v) is 20.1. The molecule has 10 aliphatic heterocycles.